The second-order valence-corrected chi connectivity index (χ2v) is 5.64. The van der Waals surface area contributed by atoms with Crippen LogP contribution in [-0.4, -0.2) is 22.7 Å². The number of amides is 1. The average Bonchev–Trinajstić information content (AvgIpc) is 3.04. The zero-order valence-corrected chi connectivity index (χ0v) is 14.4. The molecule has 0 fully saturated rings. The molecule has 0 bridgehead atoms. The van der Waals surface area contributed by atoms with E-state index in [-0.39, 0.29) is 11.9 Å². The molecule has 0 aliphatic heterocycles. The van der Waals surface area contributed by atoms with E-state index in [9.17, 15) is 4.79 Å². The largest absolute Gasteiger partial charge is 0.494 e. The summed E-state index contributed by atoms with van der Waals surface area (Å²) in [4.78, 5) is 12.4. The maximum absolute atomic E-state index is 12.4. The Morgan fingerprint density at radius 2 is 1.88 bits per heavy atom. The van der Waals surface area contributed by atoms with Gasteiger partial charge in [-0.15, -0.1) is 5.10 Å². The SMILES string of the molecule is CCOc1ccc(-c2nnc(NC(=O)c3ccc(C)cc3C)o2)cc1. The van der Waals surface area contributed by atoms with Crippen molar-refractivity contribution in [2.45, 2.75) is 20.8 Å². The van der Waals surface area contributed by atoms with E-state index in [4.69, 9.17) is 9.15 Å². The zero-order valence-electron chi connectivity index (χ0n) is 14.4. The third-order valence-electron chi connectivity index (χ3n) is 3.68. The Hall–Kier alpha value is -3.15. The monoisotopic (exact) mass is 337 g/mol. The molecule has 0 spiro atoms. The van der Waals surface area contributed by atoms with Crippen LogP contribution in [-0.2, 0) is 0 Å². The van der Waals surface area contributed by atoms with Gasteiger partial charge in [-0.1, -0.05) is 22.8 Å². The summed E-state index contributed by atoms with van der Waals surface area (Å²) in [6.07, 6.45) is 0. The van der Waals surface area contributed by atoms with Crippen molar-refractivity contribution in [3.63, 3.8) is 0 Å². The molecule has 1 N–H and O–H groups in total. The Balaban J connectivity index is 1.74. The topological polar surface area (TPSA) is 77.3 Å². The first-order valence-electron chi connectivity index (χ1n) is 8.02. The van der Waals surface area contributed by atoms with Crippen molar-refractivity contribution in [3.8, 4) is 17.2 Å². The van der Waals surface area contributed by atoms with E-state index in [2.05, 4.69) is 15.5 Å². The Morgan fingerprint density at radius 1 is 1.12 bits per heavy atom. The van der Waals surface area contributed by atoms with E-state index in [0.717, 1.165) is 22.4 Å². The predicted molar refractivity (Wildman–Crippen MR) is 94.8 cm³/mol. The van der Waals surface area contributed by atoms with Crippen molar-refractivity contribution in [1.82, 2.24) is 10.2 Å². The van der Waals surface area contributed by atoms with Crippen molar-refractivity contribution in [1.29, 1.82) is 0 Å². The molecule has 128 valence electrons. The second kappa shape index (κ2) is 7.17. The van der Waals surface area contributed by atoms with Gasteiger partial charge in [0.25, 0.3) is 5.91 Å². The summed E-state index contributed by atoms with van der Waals surface area (Å²) in [5.74, 6) is 0.826. The van der Waals surface area contributed by atoms with Crippen LogP contribution in [0.15, 0.2) is 46.9 Å². The van der Waals surface area contributed by atoms with Crippen LogP contribution in [0, 0.1) is 13.8 Å². The minimum Gasteiger partial charge on any atom is -0.494 e. The molecular formula is C19H19N3O3. The Bertz CT molecular complexity index is 885. The second-order valence-electron chi connectivity index (χ2n) is 5.64. The lowest BCUT2D eigenvalue weighted by Gasteiger charge is -2.05. The standard InChI is InChI=1S/C19H19N3O3/c1-4-24-15-8-6-14(7-9-15)18-21-22-19(25-18)20-17(23)16-10-5-12(2)11-13(16)3/h5-11H,4H2,1-3H3,(H,20,22,23). The molecule has 0 aliphatic carbocycles. The van der Waals surface area contributed by atoms with Crippen LogP contribution < -0.4 is 10.1 Å². The number of carbonyl (C=O) groups excluding carboxylic acids is 1. The number of ether oxygens (including phenoxy) is 1. The molecule has 1 heterocycles. The van der Waals surface area contributed by atoms with E-state index in [1.807, 2.05) is 57.2 Å². The lowest BCUT2D eigenvalue weighted by Crippen LogP contribution is -2.13. The highest BCUT2D eigenvalue weighted by Gasteiger charge is 2.14. The smallest absolute Gasteiger partial charge is 0.322 e. The maximum atomic E-state index is 12.4. The molecular weight excluding hydrogens is 318 g/mol. The number of aromatic nitrogens is 2. The summed E-state index contributed by atoms with van der Waals surface area (Å²) in [6, 6.07) is 13.0. The summed E-state index contributed by atoms with van der Waals surface area (Å²) in [7, 11) is 0. The van der Waals surface area contributed by atoms with E-state index < -0.39 is 0 Å². The lowest BCUT2D eigenvalue weighted by molar-refractivity contribution is 0.102. The summed E-state index contributed by atoms with van der Waals surface area (Å²) in [6.45, 7) is 6.40. The molecule has 3 aromatic rings. The molecule has 6 nitrogen and oxygen atoms in total. The van der Waals surface area contributed by atoms with Crippen molar-refractivity contribution in [3.05, 3.63) is 59.2 Å². The van der Waals surface area contributed by atoms with E-state index >= 15 is 0 Å². The number of nitrogens with one attached hydrogen (secondary N) is 1. The fraction of sp³-hybridized carbons (Fsp3) is 0.211. The van der Waals surface area contributed by atoms with Gasteiger partial charge in [-0.3, -0.25) is 10.1 Å². The fourth-order valence-electron chi connectivity index (χ4n) is 2.48. The van der Waals surface area contributed by atoms with Gasteiger partial charge in [0, 0.05) is 11.1 Å². The molecule has 25 heavy (non-hydrogen) atoms. The van der Waals surface area contributed by atoms with E-state index in [1.165, 1.54) is 0 Å². The van der Waals surface area contributed by atoms with Crippen LogP contribution in [0.5, 0.6) is 5.75 Å². The normalized spacial score (nSPS) is 10.5. The quantitative estimate of drug-likeness (QED) is 0.761. The minimum absolute atomic E-state index is 0.0638. The first-order valence-corrected chi connectivity index (χ1v) is 8.02. The number of hydrogen-bond donors (Lipinski definition) is 1. The number of aryl methyl sites for hydroxylation is 2. The fourth-order valence-corrected chi connectivity index (χ4v) is 2.48. The van der Waals surface area contributed by atoms with Gasteiger partial charge in [0.05, 0.1) is 6.61 Å². The van der Waals surface area contributed by atoms with Crippen LogP contribution in [0.4, 0.5) is 6.01 Å². The first kappa shape index (κ1) is 16.7. The molecule has 2 aromatic carbocycles. The van der Waals surface area contributed by atoms with Crippen LogP contribution >= 0.6 is 0 Å². The number of rotatable bonds is 5. The minimum atomic E-state index is -0.278. The average molecular weight is 337 g/mol. The van der Waals surface area contributed by atoms with Crippen molar-refractivity contribution >= 4 is 11.9 Å². The number of hydrogen-bond acceptors (Lipinski definition) is 5. The summed E-state index contributed by atoms with van der Waals surface area (Å²) >= 11 is 0. The number of carbonyl (C=O) groups is 1. The first-order chi connectivity index (χ1) is 12.1. The summed E-state index contributed by atoms with van der Waals surface area (Å²) in [5, 5.41) is 10.5. The highest BCUT2D eigenvalue weighted by molar-refractivity contribution is 6.04. The molecule has 0 radical (unpaired) electrons. The molecule has 1 amide bonds. The van der Waals surface area contributed by atoms with Crippen LogP contribution in [0.25, 0.3) is 11.5 Å². The predicted octanol–water partition coefficient (Wildman–Crippen LogP) is 4.00. The number of anilines is 1. The highest BCUT2D eigenvalue weighted by Crippen LogP contribution is 2.23. The van der Waals surface area contributed by atoms with Gasteiger partial charge in [-0.25, -0.2) is 0 Å². The summed E-state index contributed by atoms with van der Waals surface area (Å²) < 4.78 is 10.9. The maximum Gasteiger partial charge on any atom is 0.322 e. The van der Waals surface area contributed by atoms with Crippen molar-refractivity contribution in [2.24, 2.45) is 0 Å². The molecule has 6 heteroatoms. The van der Waals surface area contributed by atoms with Crippen LogP contribution in [0.2, 0.25) is 0 Å². The number of benzene rings is 2. The molecule has 0 unspecified atom stereocenters. The molecule has 3 rings (SSSR count). The zero-order chi connectivity index (χ0) is 17.8. The van der Waals surface area contributed by atoms with Crippen molar-refractivity contribution in [2.75, 3.05) is 11.9 Å². The van der Waals surface area contributed by atoms with Gasteiger partial charge in [0.2, 0.25) is 5.89 Å². The van der Waals surface area contributed by atoms with Crippen LogP contribution in [0.3, 0.4) is 0 Å². The van der Waals surface area contributed by atoms with E-state index in [0.29, 0.717) is 18.1 Å². The third-order valence-corrected chi connectivity index (χ3v) is 3.68. The number of nitrogens with zero attached hydrogens (tertiary/aromatic N) is 2. The van der Waals surface area contributed by atoms with Crippen molar-refractivity contribution < 1.29 is 13.9 Å². The Morgan fingerprint density at radius 3 is 2.56 bits per heavy atom. The Labute approximate surface area is 145 Å². The van der Waals surface area contributed by atoms with Gasteiger partial charge in [0.1, 0.15) is 5.75 Å². The summed E-state index contributed by atoms with van der Waals surface area (Å²) in [5.41, 5.74) is 3.32. The van der Waals surface area contributed by atoms with E-state index in [1.54, 1.807) is 6.07 Å². The van der Waals surface area contributed by atoms with Gasteiger partial charge in [-0.05, 0) is 56.7 Å². The molecule has 0 saturated heterocycles. The van der Waals surface area contributed by atoms with Gasteiger partial charge < -0.3 is 9.15 Å². The van der Waals surface area contributed by atoms with Gasteiger partial charge in [-0.2, -0.15) is 0 Å². The van der Waals surface area contributed by atoms with Gasteiger partial charge >= 0.3 is 6.01 Å². The highest BCUT2D eigenvalue weighted by atomic mass is 16.5. The van der Waals surface area contributed by atoms with Gasteiger partial charge in [0.15, 0.2) is 0 Å². The third kappa shape index (κ3) is 3.85. The molecule has 0 saturated carbocycles. The lowest BCUT2D eigenvalue weighted by atomic mass is 10.1. The Kier molecular flexibility index (Phi) is 4.79. The van der Waals surface area contributed by atoms with Crippen LogP contribution in [0.1, 0.15) is 28.4 Å². The molecule has 1 aromatic heterocycles. The molecule has 0 aliphatic rings. The molecule has 0 atom stereocenters.